The quantitative estimate of drug-likeness (QED) is 0.692. The van der Waals surface area contributed by atoms with Crippen molar-refractivity contribution >= 4 is 0 Å². The second-order valence-electron chi connectivity index (χ2n) is 6.30. The fourth-order valence-corrected chi connectivity index (χ4v) is 4.11. The number of hydrogen-bond acceptors (Lipinski definition) is 2. The molecule has 2 saturated carbocycles. The molecule has 0 amide bonds. The van der Waals surface area contributed by atoms with Gasteiger partial charge in [0.05, 0.1) is 0 Å². The predicted octanol–water partition coefficient (Wildman–Crippen LogP) is 3.75. The maximum absolute atomic E-state index is 5.97. The van der Waals surface area contributed by atoms with Gasteiger partial charge in [-0.2, -0.15) is 0 Å². The van der Waals surface area contributed by atoms with Gasteiger partial charge in [-0.3, -0.25) is 0 Å². The van der Waals surface area contributed by atoms with Gasteiger partial charge in [-0.05, 0) is 50.4 Å². The Hall–Kier alpha value is -0.0800. The molecule has 3 fully saturated rings. The minimum Gasteiger partial charge on any atom is -0.352 e. The van der Waals surface area contributed by atoms with Gasteiger partial charge in [0.1, 0.15) is 0 Å². The van der Waals surface area contributed by atoms with E-state index in [9.17, 15) is 0 Å². The predicted molar refractivity (Wildman–Crippen MR) is 67.7 cm³/mol. The molecule has 3 rings (SSSR count). The van der Waals surface area contributed by atoms with Gasteiger partial charge in [-0.15, -0.1) is 0 Å². The Morgan fingerprint density at radius 2 is 1.29 bits per heavy atom. The van der Waals surface area contributed by atoms with Gasteiger partial charge >= 0.3 is 0 Å². The number of ether oxygens (including phenoxy) is 2. The van der Waals surface area contributed by atoms with Crippen LogP contribution in [0.25, 0.3) is 0 Å². The summed E-state index contributed by atoms with van der Waals surface area (Å²) in [5.74, 6) is 2.65. The molecule has 2 atom stereocenters. The zero-order valence-electron chi connectivity index (χ0n) is 10.9. The average molecular weight is 238 g/mol. The second kappa shape index (κ2) is 5.71. The minimum atomic E-state index is 0.124. The highest BCUT2D eigenvalue weighted by Gasteiger charge is 2.36. The van der Waals surface area contributed by atoms with Crippen LogP contribution in [0.4, 0.5) is 0 Å². The average Bonchev–Trinajstić information content (AvgIpc) is 2.27. The molecule has 2 aliphatic carbocycles. The molecule has 1 heterocycles. The molecule has 0 spiro atoms. The molecular formula is C15H26O2. The van der Waals surface area contributed by atoms with Crippen molar-refractivity contribution in [2.24, 2.45) is 17.8 Å². The lowest BCUT2D eigenvalue weighted by molar-refractivity contribution is -0.193. The molecule has 98 valence electrons. The van der Waals surface area contributed by atoms with Crippen molar-refractivity contribution in [3.63, 3.8) is 0 Å². The van der Waals surface area contributed by atoms with E-state index in [1.165, 1.54) is 57.8 Å². The lowest BCUT2D eigenvalue weighted by Crippen LogP contribution is -2.37. The van der Waals surface area contributed by atoms with Crippen LogP contribution in [-0.2, 0) is 9.47 Å². The van der Waals surface area contributed by atoms with Gasteiger partial charge < -0.3 is 9.47 Å². The fraction of sp³-hybridized carbons (Fsp3) is 1.00. The molecule has 17 heavy (non-hydrogen) atoms. The molecule has 2 nitrogen and oxygen atoms in total. The molecule has 3 aliphatic rings. The third-order valence-electron chi connectivity index (χ3n) is 4.90. The van der Waals surface area contributed by atoms with Crippen molar-refractivity contribution in [3.8, 4) is 0 Å². The fourth-order valence-electron chi connectivity index (χ4n) is 4.11. The van der Waals surface area contributed by atoms with E-state index in [1.54, 1.807) is 0 Å². The summed E-state index contributed by atoms with van der Waals surface area (Å²) >= 11 is 0. The summed E-state index contributed by atoms with van der Waals surface area (Å²) in [6, 6.07) is 0. The molecule has 0 radical (unpaired) electrons. The van der Waals surface area contributed by atoms with E-state index in [1.807, 2.05) is 0 Å². The Balaban J connectivity index is 1.58. The summed E-state index contributed by atoms with van der Waals surface area (Å²) in [5, 5.41) is 0. The van der Waals surface area contributed by atoms with Crippen LogP contribution in [0.2, 0.25) is 0 Å². The standard InChI is InChI=1S/C15H26O2/c1-2-7-16-15(17-8-3-1)14-10-12-5-4-6-13(9-12)11-14/h12-15H,1-11H2. The van der Waals surface area contributed by atoms with E-state index in [0.29, 0.717) is 5.92 Å². The first-order valence-corrected chi connectivity index (χ1v) is 7.65. The van der Waals surface area contributed by atoms with Crippen LogP contribution in [0.15, 0.2) is 0 Å². The summed E-state index contributed by atoms with van der Waals surface area (Å²) in [4.78, 5) is 0. The monoisotopic (exact) mass is 238 g/mol. The van der Waals surface area contributed by atoms with Gasteiger partial charge in [0.15, 0.2) is 6.29 Å². The van der Waals surface area contributed by atoms with E-state index < -0.39 is 0 Å². The molecule has 2 bridgehead atoms. The molecule has 2 heteroatoms. The van der Waals surface area contributed by atoms with Crippen molar-refractivity contribution in [1.29, 1.82) is 0 Å². The lowest BCUT2D eigenvalue weighted by Gasteiger charge is -2.41. The SMILES string of the molecule is C1CCOC(C2CC3CCCC(C3)C2)OCC1. The maximum Gasteiger partial charge on any atom is 0.160 e. The van der Waals surface area contributed by atoms with Gasteiger partial charge in [0.2, 0.25) is 0 Å². The van der Waals surface area contributed by atoms with Crippen LogP contribution in [0.3, 0.4) is 0 Å². The molecule has 0 aromatic heterocycles. The first-order chi connectivity index (χ1) is 8.42. The summed E-state index contributed by atoms with van der Waals surface area (Å²) in [5.41, 5.74) is 0. The maximum atomic E-state index is 5.97. The topological polar surface area (TPSA) is 18.5 Å². The smallest absolute Gasteiger partial charge is 0.160 e. The summed E-state index contributed by atoms with van der Waals surface area (Å²) < 4.78 is 11.9. The number of rotatable bonds is 1. The van der Waals surface area contributed by atoms with E-state index in [4.69, 9.17) is 9.47 Å². The summed E-state index contributed by atoms with van der Waals surface area (Å²) in [6.45, 7) is 1.83. The molecule has 1 aliphatic heterocycles. The third kappa shape index (κ3) is 3.03. The van der Waals surface area contributed by atoms with Gasteiger partial charge in [0.25, 0.3) is 0 Å². The van der Waals surface area contributed by atoms with Crippen molar-refractivity contribution < 1.29 is 9.47 Å². The highest BCUT2D eigenvalue weighted by molar-refractivity contribution is 4.84. The van der Waals surface area contributed by atoms with E-state index in [0.717, 1.165) is 25.0 Å². The van der Waals surface area contributed by atoms with Gasteiger partial charge in [-0.1, -0.05) is 19.3 Å². The van der Waals surface area contributed by atoms with Crippen molar-refractivity contribution in [3.05, 3.63) is 0 Å². The van der Waals surface area contributed by atoms with Crippen molar-refractivity contribution in [2.75, 3.05) is 13.2 Å². The molecule has 2 unspecified atom stereocenters. The lowest BCUT2D eigenvalue weighted by atomic mass is 9.68. The zero-order chi connectivity index (χ0) is 11.5. The molecular weight excluding hydrogens is 212 g/mol. The highest BCUT2D eigenvalue weighted by atomic mass is 16.7. The first-order valence-electron chi connectivity index (χ1n) is 7.65. The van der Waals surface area contributed by atoms with Crippen molar-refractivity contribution in [1.82, 2.24) is 0 Å². The Bertz CT molecular complexity index is 221. The Morgan fingerprint density at radius 1 is 0.647 bits per heavy atom. The summed E-state index contributed by atoms with van der Waals surface area (Å²) in [6.07, 6.45) is 12.4. The van der Waals surface area contributed by atoms with Crippen LogP contribution >= 0.6 is 0 Å². The van der Waals surface area contributed by atoms with Crippen LogP contribution in [0.5, 0.6) is 0 Å². The summed E-state index contributed by atoms with van der Waals surface area (Å²) in [7, 11) is 0. The number of fused-ring (bicyclic) bond motifs is 2. The van der Waals surface area contributed by atoms with Crippen LogP contribution in [0.1, 0.15) is 57.8 Å². The van der Waals surface area contributed by atoms with Gasteiger partial charge in [-0.25, -0.2) is 0 Å². The first kappa shape index (κ1) is 12.0. The van der Waals surface area contributed by atoms with Gasteiger partial charge in [0, 0.05) is 19.1 Å². The molecule has 0 aromatic carbocycles. The minimum absolute atomic E-state index is 0.124. The molecule has 0 aromatic rings. The zero-order valence-corrected chi connectivity index (χ0v) is 10.9. The highest BCUT2D eigenvalue weighted by Crippen LogP contribution is 2.44. The Morgan fingerprint density at radius 3 is 1.94 bits per heavy atom. The van der Waals surface area contributed by atoms with Crippen LogP contribution in [0, 0.1) is 17.8 Å². The van der Waals surface area contributed by atoms with E-state index >= 15 is 0 Å². The molecule has 1 saturated heterocycles. The number of hydrogen-bond donors (Lipinski definition) is 0. The van der Waals surface area contributed by atoms with E-state index in [2.05, 4.69) is 0 Å². The largest absolute Gasteiger partial charge is 0.352 e. The third-order valence-corrected chi connectivity index (χ3v) is 4.90. The normalized spacial score (nSPS) is 40.6. The van der Waals surface area contributed by atoms with Crippen LogP contribution < -0.4 is 0 Å². The van der Waals surface area contributed by atoms with E-state index in [-0.39, 0.29) is 6.29 Å². The Kier molecular flexibility index (Phi) is 4.02. The Labute approximate surface area is 105 Å². The molecule has 0 N–H and O–H groups in total. The van der Waals surface area contributed by atoms with Crippen molar-refractivity contribution in [2.45, 2.75) is 64.1 Å². The second-order valence-corrected chi connectivity index (χ2v) is 6.30. The van der Waals surface area contributed by atoms with Crippen LogP contribution in [-0.4, -0.2) is 19.5 Å².